The zero-order valence-electron chi connectivity index (χ0n) is 14.0. The molecule has 132 valence electrons. The first-order valence-electron chi connectivity index (χ1n) is 8.23. The van der Waals surface area contributed by atoms with Gasteiger partial charge in [0.25, 0.3) is 0 Å². The molecule has 2 aromatic rings. The molecule has 3 rings (SSSR count). The van der Waals surface area contributed by atoms with Gasteiger partial charge in [0.1, 0.15) is 12.4 Å². The monoisotopic (exact) mass is 344 g/mol. The smallest absolute Gasteiger partial charge is 0.346 e. The number of aromatic nitrogens is 3. The molecule has 1 aliphatic rings. The Balaban J connectivity index is 1.71. The van der Waals surface area contributed by atoms with Gasteiger partial charge in [0.2, 0.25) is 5.91 Å². The summed E-state index contributed by atoms with van der Waals surface area (Å²) in [5, 5.41) is 6.96. The first kappa shape index (κ1) is 16.9. The maximum atomic E-state index is 12.4. The summed E-state index contributed by atoms with van der Waals surface area (Å²) in [6.07, 6.45) is 3.79. The summed E-state index contributed by atoms with van der Waals surface area (Å²) in [5.41, 5.74) is 0.545. The van der Waals surface area contributed by atoms with Gasteiger partial charge in [-0.3, -0.25) is 9.36 Å². The van der Waals surface area contributed by atoms with Crippen molar-refractivity contribution in [3.05, 3.63) is 46.1 Å². The largest absolute Gasteiger partial charge is 0.465 e. The van der Waals surface area contributed by atoms with E-state index in [1.54, 1.807) is 22.8 Å². The molecule has 25 heavy (non-hydrogen) atoms. The number of ether oxygens (including phenoxy) is 1. The first-order valence-corrected chi connectivity index (χ1v) is 8.23. The van der Waals surface area contributed by atoms with Crippen LogP contribution in [0.2, 0.25) is 0 Å². The van der Waals surface area contributed by atoms with E-state index < -0.39 is 5.97 Å². The Morgan fingerprint density at radius 2 is 2.12 bits per heavy atom. The molecule has 0 saturated carbocycles. The van der Waals surface area contributed by atoms with Gasteiger partial charge < -0.3 is 10.1 Å². The highest BCUT2D eigenvalue weighted by Crippen LogP contribution is 2.12. The Hall–Kier alpha value is -2.90. The fourth-order valence-electron chi connectivity index (χ4n) is 2.91. The van der Waals surface area contributed by atoms with Gasteiger partial charge in [0.15, 0.2) is 0 Å². The molecular weight excluding hydrogens is 324 g/mol. The fraction of sp³-hybridized carbons (Fsp3) is 0.412. The number of esters is 1. The van der Waals surface area contributed by atoms with E-state index in [1.807, 2.05) is 0 Å². The molecule has 0 spiro atoms. The van der Waals surface area contributed by atoms with Crippen molar-refractivity contribution >= 4 is 17.6 Å². The second-order valence-corrected chi connectivity index (χ2v) is 5.94. The number of carbonyl (C=O) groups is 2. The predicted molar refractivity (Wildman–Crippen MR) is 90.5 cm³/mol. The van der Waals surface area contributed by atoms with Gasteiger partial charge in [-0.05, 0) is 31.0 Å². The van der Waals surface area contributed by atoms with Crippen molar-refractivity contribution in [1.29, 1.82) is 0 Å². The lowest BCUT2D eigenvalue weighted by Gasteiger charge is -2.06. The highest BCUT2D eigenvalue weighted by molar-refractivity contribution is 5.94. The van der Waals surface area contributed by atoms with Crippen molar-refractivity contribution in [2.24, 2.45) is 0 Å². The highest BCUT2D eigenvalue weighted by Gasteiger charge is 2.17. The third-order valence-corrected chi connectivity index (χ3v) is 4.14. The first-order chi connectivity index (χ1) is 12.1. The van der Waals surface area contributed by atoms with E-state index in [4.69, 9.17) is 0 Å². The zero-order valence-corrected chi connectivity index (χ0v) is 14.0. The lowest BCUT2D eigenvalue weighted by Crippen LogP contribution is -2.30. The number of methoxy groups -OCH3 is 1. The van der Waals surface area contributed by atoms with E-state index >= 15 is 0 Å². The van der Waals surface area contributed by atoms with Crippen LogP contribution < -0.4 is 11.0 Å². The van der Waals surface area contributed by atoms with E-state index in [1.165, 1.54) is 17.9 Å². The molecule has 1 amide bonds. The van der Waals surface area contributed by atoms with E-state index in [0.29, 0.717) is 17.8 Å². The van der Waals surface area contributed by atoms with Crippen LogP contribution in [0.3, 0.4) is 0 Å². The quantitative estimate of drug-likeness (QED) is 0.841. The Labute approximate surface area is 144 Å². The van der Waals surface area contributed by atoms with E-state index in [-0.39, 0.29) is 18.1 Å². The van der Waals surface area contributed by atoms with Crippen LogP contribution in [0, 0.1) is 0 Å². The van der Waals surface area contributed by atoms with Crippen LogP contribution in [0.4, 0.5) is 5.69 Å². The molecule has 8 heteroatoms. The number of hydrogen-bond acceptors (Lipinski definition) is 5. The van der Waals surface area contributed by atoms with Crippen molar-refractivity contribution in [3.63, 3.8) is 0 Å². The fourth-order valence-corrected chi connectivity index (χ4v) is 2.91. The minimum atomic E-state index is -0.481. The Morgan fingerprint density at radius 1 is 1.28 bits per heavy atom. The van der Waals surface area contributed by atoms with E-state index in [2.05, 4.69) is 15.2 Å². The number of hydrogen-bond donors (Lipinski definition) is 1. The van der Waals surface area contributed by atoms with E-state index in [9.17, 15) is 14.4 Å². The van der Waals surface area contributed by atoms with Crippen molar-refractivity contribution in [3.8, 4) is 0 Å². The van der Waals surface area contributed by atoms with Gasteiger partial charge in [-0.15, -0.1) is 0 Å². The third-order valence-electron chi connectivity index (χ3n) is 4.14. The van der Waals surface area contributed by atoms with Crippen LogP contribution in [-0.2, 0) is 29.0 Å². The molecular formula is C17H20N4O4. The van der Waals surface area contributed by atoms with Crippen LogP contribution in [0.1, 0.15) is 35.4 Å². The molecule has 0 atom stereocenters. The number of amides is 1. The summed E-state index contributed by atoms with van der Waals surface area (Å²) in [7, 11) is 1.29. The summed E-state index contributed by atoms with van der Waals surface area (Å²) in [6.45, 7) is 0.484. The average Bonchev–Trinajstić information content (AvgIpc) is 2.78. The molecule has 0 saturated heterocycles. The van der Waals surface area contributed by atoms with Crippen molar-refractivity contribution in [2.45, 2.75) is 38.8 Å². The number of anilines is 1. The second kappa shape index (κ2) is 7.33. The average molecular weight is 344 g/mol. The number of carbonyl (C=O) groups excluding carboxylic acids is 2. The lowest BCUT2D eigenvalue weighted by atomic mass is 10.2. The maximum absolute atomic E-state index is 12.4. The summed E-state index contributed by atoms with van der Waals surface area (Å²) in [6, 6.07) is 6.43. The number of nitrogens with one attached hydrogen (secondary N) is 1. The van der Waals surface area contributed by atoms with Gasteiger partial charge in [-0.1, -0.05) is 12.5 Å². The molecule has 0 unspecified atom stereocenters. The molecule has 0 bridgehead atoms. The zero-order chi connectivity index (χ0) is 17.8. The van der Waals surface area contributed by atoms with Crippen LogP contribution in [0.5, 0.6) is 0 Å². The molecule has 0 fully saturated rings. The van der Waals surface area contributed by atoms with Gasteiger partial charge in [-0.25, -0.2) is 14.3 Å². The summed E-state index contributed by atoms with van der Waals surface area (Å²) < 4.78 is 7.50. The maximum Gasteiger partial charge on any atom is 0.346 e. The Kier molecular flexibility index (Phi) is 4.97. The molecule has 1 aromatic heterocycles. The summed E-state index contributed by atoms with van der Waals surface area (Å²) in [4.78, 5) is 36.1. The lowest BCUT2D eigenvalue weighted by molar-refractivity contribution is -0.117. The summed E-state index contributed by atoms with van der Waals surface area (Å²) >= 11 is 0. The van der Waals surface area contributed by atoms with Crippen molar-refractivity contribution < 1.29 is 14.3 Å². The SMILES string of the molecule is COC(=O)c1cccc(NC(=O)Cn2nc3n(c2=O)CCCCC3)c1. The third kappa shape index (κ3) is 3.78. The molecule has 1 aliphatic heterocycles. The number of rotatable bonds is 4. The van der Waals surface area contributed by atoms with Crippen molar-refractivity contribution in [1.82, 2.24) is 14.3 Å². The van der Waals surface area contributed by atoms with Gasteiger partial charge >= 0.3 is 11.7 Å². The van der Waals surface area contributed by atoms with Gasteiger partial charge in [0, 0.05) is 18.7 Å². The second-order valence-electron chi connectivity index (χ2n) is 5.94. The molecule has 0 radical (unpaired) electrons. The topological polar surface area (TPSA) is 95.2 Å². The number of nitrogens with zero attached hydrogens (tertiary/aromatic N) is 3. The molecule has 8 nitrogen and oxygen atoms in total. The van der Waals surface area contributed by atoms with Gasteiger partial charge in [-0.2, -0.15) is 5.10 Å². The van der Waals surface area contributed by atoms with Gasteiger partial charge in [0.05, 0.1) is 12.7 Å². The highest BCUT2D eigenvalue weighted by atomic mass is 16.5. The molecule has 0 aliphatic carbocycles. The number of aryl methyl sites for hydroxylation is 1. The summed E-state index contributed by atoms with van der Waals surface area (Å²) in [5.74, 6) is -0.120. The number of fused-ring (bicyclic) bond motifs is 1. The van der Waals surface area contributed by atoms with Crippen LogP contribution in [0.25, 0.3) is 0 Å². The minimum Gasteiger partial charge on any atom is -0.465 e. The molecule has 1 aromatic carbocycles. The van der Waals surface area contributed by atoms with E-state index in [0.717, 1.165) is 31.5 Å². The standard InChI is InChI=1S/C17H20N4O4/c1-25-16(23)12-6-5-7-13(10-12)18-15(22)11-21-17(24)20-9-4-2-3-8-14(20)19-21/h5-7,10H,2-4,8-9,11H2,1H3,(H,18,22). The van der Waals surface area contributed by atoms with Crippen molar-refractivity contribution in [2.75, 3.05) is 12.4 Å². The minimum absolute atomic E-state index is 0.165. The Bertz CT molecular complexity index is 853. The Morgan fingerprint density at radius 3 is 2.92 bits per heavy atom. The van der Waals surface area contributed by atoms with Crippen LogP contribution in [0.15, 0.2) is 29.1 Å². The molecule has 1 N–H and O–H groups in total. The normalized spacial score (nSPS) is 13.6. The predicted octanol–water partition coefficient (Wildman–Crippen LogP) is 1.20. The van der Waals surface area contributed by atoms with Crippen LogP contribution in [-0.4, -0.2) is 33.3 Å². The number of benzene rings is 1. The molecule has 2 heterocycles. The van der Waals surface area contributed by atoms with Crippen LogP contribution >= 0.6 is 0 Å².